The molecule has 1 aliphatic carbocycles. The molecule has 0 spiro atoms. The molecule has 3 rings (SSSR count). The topological polar surface area (TPSA) is 90.8 Å². The van der Waals surface area contributed by atoms with E-state index in [0.29, 0.717) is 11.5 Å². The van der Waals surface area contributed by atoms with Gasteiger partial charge in [0.25, 0.3) is 0 Å². The Morgan fingerprint density at radius 3 is 2.75 bits per heavy atom. The molecule has 0 aliphatic heterocycles. The smallest absolute Gasteiger partial charge is 0.408 e. The summed E-state index contributed by atoms with van der Waals surface area (Å²) in [4.78, 5) is 20.1. The number of carbonyl (C=O) groups is 1. The highest BCUT2D eigenvalue weighted by molar-refractivity contribution is 5.81. The summed E-state index contributed by atoms with van der Waals surface area (Å²) in [6.07, 6.45) is 1.68. The van der Waals surface area contributed by atoms with E-state index in [4.69, 9.17) is 10.00 Å². The molecule has 6 nitrogen and oxygen atoms in total. The van der Waals surface area contributed by atoms with Crippen LogP contribution in [0.25, 0.3) is 11.0 Å². The summed E-state index contributed by atoms with van der Waals surface area (Å²) in [6.45, 7) is 7.41. The van der Waals surface area contributed by atoms with E-state index >= 15 is 0 Å². The predicted molar refractivity (Wildman–Crippen MR) is 90.4 cm³/mol. The van der Waals surface area contributed by atoms with Crippen molar-refractivity contribution in [1.82, 2.24) is 15.3 Å². The number of hydrogen-bond donors (Lipinski definition) is 2. The zero-order chi connectivity index (χ0) is 17.5. The van der Waals surface area contributed by atoms with Gasteiger partial charge in [-0.3, -0.25) is 0 Å². The maximum atomic E-state index is 12.1. The lowest BCUT2D eigenvalue weighted by molar-refractivity contribution is 0.0494. The molecular weight excluding hydrogens is 304 g/mol. The molecule has 1 heterocycles. The third-order valence-corrected chi connectivity index (χ3v) is 4.11. The second-order valence-electron chi connectivity index (χ2n) is 7.33. The average molecular weight is 326 g/mol. The molecule has 1 aromatic heterocycles. The number of fused-ring (bicyclic) bond motifs is 1. The van der Waals surface area contributed by atoms with Crippen molar-refractivity contribution in [2.75, 3.05) is 0 Å². The first-order chi connectivity index (χ1) is 11.3. The fourth-order valence-electron chi connectivity index (χ4n) is 2.77. The molecule has 1 atom stereocenters. The quantitative estimate of drug-likeness (QED) is 0.899. The number of nitrogens with zero attached hydrogens (tertiary/aromatic N) is 2. The summed E-state index contributed by atoms with van der Waals surface area (Å²) < 4.78 is 5.37. The van der Waals surface area contributed by atoms with Gasteiger partial charge in [-0.05, 0) is 64.2 Å². The minimum atomic E-state index is -0.537. The zero-order valence-corrected chi connectivity index (χ0v) is 14.4. The molecule has 0 saturated heterocycles. The molecule has 1 aromatic carbocycles. The van der Waals surface area contributed by atoms with Gasteiger partial charge in [-0.15, -0.1) is 0 Å². The van der Waals surface area contributed by atoms with Crippen LogP contribution in [0, 0.1) is 24.2 Å². The number of rotatable bonds is 3. The number of amides is 1. The Morgan fingerprint density at radius 2 is 2.17 bits per heavy atom. The number of imidazole rings is 1. The van der Waals surface area contributed by atoms with Crippen molar-refractivity contribution >= 4 is 17.1 Å². The molecule has 6 heteroatoms. The number of benzene rings is 1. The van der Waals surface area contributed by atoms with Gasteiger partial charge >= 0.3 is 6.09 Å². The van der Waals surface area contributed by atoms with E-state index in [9.17, 15) is 4.79 Å². The first-order valence-corrected chi connectivity index (χ1v) is 8.17. The molecular formula is C18H22N4O2. The highest BCUT2D eigenvalue weighted by Crippen LogP contribution is 2.41. The first kappa shape index (κ1) is 16.3. The lowest BCUT2D eigenvalue weighted by Gasteiger charge is -2.22. The maximum absolute atomic E-state index is 12.1. The zero-order valence-electron chi connectivity index (χ0n) is 14.4. The average Bonchev–Trinajstić information content (AvgIpc) is 3.22. The monoisotopic (exact) mass is 326 g/mol. The second-order valence-corrected chi connectivity index (χ2v) is 7.33. The SMILES string of the molecule is Cc1c(C#N)ccc2[nH]c([C@@H](NC(=O)OC(C)(C)C)C3CC3)nc12. The number of hydrogen-bond acceptors (Lipinski definition) is 4. The summed E-state index contributed by atoms with van der Waals surface area (Å²) in [5, 5.41) is 12.1. The number of carbonyl (C=O) groups excluding carboxylic acids is 1. The number of aromatic nitrogens is 2. The Balaban J connectivity index is 1.89. The van der Waals surface area contributed by atoms with E-state index in [1.807, 2.05) is 33.8 Å². The minimum absolute atomic E-state index is 0.197. The van der Waals surface area contributed by atoms with E-state index in [1.54, 1.807) is 6.07 Å². The number of H-pyrrole nitrogens is 1. The lowest BCUT2D eigenvalue weighted by atomic mass is 10.1. The minimum Gasteiger partial charge on any atom is -0.444 e. The molecule has 1 fully saturated rings. The Bertz CT molecular complexity index is 822. The Kier molecular flexibility index (Phi) is 3.96. The van der Waals surface area contributed by atoms with Crippen molar-refractivity contribution in [1.29, 1.82) is 5.26 Å². The standard InChI is InChI=1S/C18H22N4O2/c1-10-12(9-19)7-8-13-14(10)21-16(20-13)15(11-5-6-11)22-17(23)24-18(2,3)4/h7-8,11,15H,5-6H2,1-4H3,(H,20,21)(H,22,23)/t15-/m0/s1. The van der Waals surface area contributed by atoms with Crippen LogP contribution in [0.5, 0.6) is 0 Å². The summed E-state index contributed by atoms with van der Waals surface area (Å²) in [7, 11) is 0. The van der Waals surface area contributed by atoms with Crippen molar-refractivity contribution in [3.63, 3.8) is 0 Å². The van der Waals surface area contributed by atoms with Gasteiger partial charge < -0.3 is 15.0 Å². The number of nitrogens with one attached hydrogen (secondary N) is 2. The lowest BCUT2D eigenvalue weighted by Crippen LogP contribution is -2.36. The van der Waals surface area contributed by atoms with Crippen LogP contribution in [-0.2, 0) is 4.74 Å². The Morgan fingerprint density at radius 1 is 1.46 bits per heavy atom. The van der Waals surface area contributed by atoms with Gasteiger partial charge in [-0.1, -0.05) is 0 Å². The third kappa shape index (κ3) is 3.35. The third-order valence-electron chi connectivity index (χ3n) is 4.11. The number of aryl methyl sites for hydroxylation is 1. The number of alkyl carbamates (subject to hydrolysis) is 1. The normalized spacial score (nSPS) is 15.8. The molecule has 1 aliphatic rings. The summed E-state index contributed by atoms with van der Waals surface area (Å²) in [6, 6.07) is 5.62. The number of nitriles is 1. The van der Waals surface area contributed by atoms with Crippen LogP contribution in [0.3, 0.4) is 0 Å². The van der Waals surface area contributed by atoms with Gasteiger partial charge in [0, 0.05) is 0 Å². The van der Waals surface area contributed by atoms with Crippen LogP contribution in [0.4, 0.5) is 4.79 Å². The molecule has 24 heavy (non-hydrogen) atoms. The van der Waals surface area contributed by atoms with Gasteiger partial charge in [0.2, 0.25) is 0 Å². The van der Waals surface area contributed by atoms with Crippen molar-refractivity contribution < 1.29 is 9.53 Å². The van der Waals surface area contributed by atoms with Crippen molar-refractivity contribution in [2.24, 2.45) is 5.92 Å². The predicted octanol–water partition coefficient (Wildman–Crippen LogP) is 3.72. The van der Waals surface area contributed by atoms with Gasteiger partial charge in [0.15, 0.2) is 0 Å². The molecule has 0 bridgehead atoms. The Labute approximate surface area is 141 Å². The highest BCUT2D eigenvalue weighted by Gasteiger charge is 2.36. The van der Waals surface area contributed by atoms with Crippen LogP contribution >= 0.6 is 0 Å². The molecule has 1 saturated carbocycles. The van der Waals surface area contributed by atoms with Crippen molar-refractivity contribution in [3.05, 3.63) is 29.1 Å². The van der Waals surface area contributed by atoms with E-state index in [2.05, 4.69) is 21.4 Å². The van der Waals surface area contributed by atoms with Crippen LogP contribution in [0.2, 0.25) is 0 Å². The first-order valence-electron chi connectivity index (χ1n) is 8.17. The molecule has 126 valence electrons. The second kappa shape index (κ2) is 5.82. The summed E-state index contributed by atoms with van der Waals surface area (Å²) in [5.74, 6) is 1.09. The molecule has 1 amide bonds. The molecule has 2 N–H and O–H groups in total. The van der Waals surface area contributed by atoms with Crippen LogP contribution < -0.4 is 5.32 Å². The van der Waals surface area contributed by atoms with Crippen LogP contribution in [-0.4, -0.2) is 21.7 Å². The summed E-state index contributed by atoms with van der Waals surface area (Å²) in [5.41, 5.74) is 2.58. The van der Waals surface area contributed by atoms with Crippen molar-refractivity contribution in [3.8, 4) is 6.07 Å². The van der Waals surface area contributed by atoms with Gasteiger partial charge in [-0.25, -0.2) is 9.78 Å². The van der Waals surface area contributed by atoms with E-state index < -0.39 is 11.7 Å². The highest BCUT2D eigenvalue weighted by atomic mass is 16.6. The van der Waals surface area contributed by atoms with E-state index in [-0.39, 0.29) is 6.04 Å². The van der Waals surface area contributed by atoms with Crippen LogP contribution in [0.1, 0.15) is 56.6 Å². The molecule has 0 radical (unpaired) electrons. The van der Waals surface area contributed by atoms with Gasteiger partial charge in [0.05, 0.1) is 28.7 Å². The van der Waals surface area contributed by atoms with E-state index in [1.165, 1.54) is 0 Å². The molecule has 0 unspecified atom stereocenters. The van der Waals surface area contributed by atoms with Crippen molar-refractivity contribution in [2.45, 2.75) is 52.2 Å². The van der Waals surface area contributed by atoms with Gasteiger partial charge in [0.1, 0.15) is 11.4 Å². The largest absolute Gasteiger partial charge is 0.444 e. The van der Waals surface area contributed by atoms with Gasteiger partial charge in [-0.2, -0.15) is 5.26 Å². The number of ether oxygens (including phenoxy) is 1. The molecule has 2 aromatic rings. The number of aromatic amines is 1. The fraction of sp³-hybridized carbons (Fsp3) is 0.500. The van der Waals surface area contributed by atoms with Crippen LogP contribution in [0.15, 0.2) is 12.1 Å². The Hall–Kier alpha value is -2.55. The maximum Gasteiger partial charge on any atom is 0.408 e. The fourth-order valence-corrected chi connectivity index (χ4v) is 2.77. The van der Waals surface area contributed by atoms with E-state index in [0.717, 1.165) is 35.3 Å². The summed E-state index contributed by atoms with van der Waals surface area (Å²) >= 11 is 0.